The Hall–Kier alpha value is -3.94. The number of nitrogens with two attached hydrogens (primary N) is 2. The van der Waals surface area contributed by atoms with Gasteiger partial charge in [-0.15, -0.1) is 0 Å². The minimum atomic E-state index is -3.87. The molecule has 0 aliphatic rings. The molecule has 1 heterocycles. The van der Waals surface area contributed by atoms with E-state index in [0.29, 0.717) is 17.7 Å². The highest BCUT2D eigenvalue weighted by Gasteiger charge is 2.25. The monoisotopic (exact) mass is 524 g/mol. The highest BCUT2D eigenvalue weighted by Crippen LogP contribution is 2.39. The van der Waals surface area contributed by atoms with Crippen LogP contribution in [0, 0.1) is 12.3 Å². The summed E-state index contributed by atoms with van der Waals surface area (Å²) in [7, 11) is -3.87. The van der Waals surface area contributed by atoms with Crippen molar-refractivity contribution in [2.45, 2.75) is 44.6 Å². The lowest BCUT2D eigenvalue weighted by Gasteiger charge is -2.20. The minimum absolute atomic E-state index is 0.0548. The number of fused-ring (bicyclic) bond motifs is 2. The fourth-order valence-electron chi connectivity index (χ4n) is 5.50. The predicted molar refractivity (Wildman–Crippen MR) is 156 cm³/mol. The lowest BCUT2D eigenvalue weighted by molar-refractivity contribution is 0.585. The van der Waals surface area contributed by atoms with Crippen molar-refractivity contribution >= 4 is 37.5 Å². The molecular formula is C31H32N4O2S. The summed E-state index contributed by atoms with van der Waals surface area (Å²) < 4.78 is 26.9. The van der Waals surface area contributed by atoms with Gasteiger partial charge < -0.3 is 10.3 Å². The molecule has 0 amide bonds. The van der Waals surface area contributed by atoms with Crippen LogP contribution in [0.5, 0.6) is 0 Å². The third kappa shape index (κ3) is 4.59. The third-order valence-corrected chi connectivity index (χ3v) is 8.10. The smallest absolute Gasteiger partial charge is 0.238 e. The first kappa shape index (κ1) is 25.7. The fraction of sp³-hybridized carbons (Fsp3) is 0.194. The fourth-order valence-corrected chi connectivity index (χ4v) is 6.26. The zero-order valence-electron chi connectivity index (χ0n) is 22.0. The van der Waals surface area contributed by atoms with E-state index in [-0.39, 0.29) is 16.1 Å². The maximum absolute atomic E-state index is 12.3. The zero-order chi connectivity index (χ0) is 27.4. The standard InChI is InChI=1S/C31H32N4O2S/c1-19-29(31(2,3)4)26-17-22(25-7-5-6-8-28(25)38(34,36)37)13-14-27(26)35(19)18-20-9-10-21-11-12-23(30(32)33)16-24(21)15-20/h5-17H,18H2,1-4H3,(H3,32,33)(H2,34,36,37). The van der Waals surface area contributed by atoms with Crippen LogP contribution in [-0.4, -0.2) is 18.8 Å². The van der Waals surface area contributed by atoms with E-state index in [0.717, 1.165) is 32.8 Å². The van der Waals surface area contributed by atoms with Gasteiger partial charge in [-0.2, -0.15) is 0 Å². The van der Waals surface area contributed by atoms with Gasteiger partial charge in [0.05, 0.1) is 4.90 Å². The number of amidine groups is 1. The van der Waals surface area contributed by atoms with Crippen LogP contribution in [0.4, 0.5) is 0 Å². The van der Waals surface area contributed by atoms with Crippen molar-refractivity contribution in [3.8, 4) is 11.1 Å². The van der Waals surface area contributed by atoms with Gasteiger partial charge in [0.1, 0.15) is 5.84 Å². The Bertz CT molecular complexity index is 1840. The molecular weight excluding hydrogens is 492 g/mol. The minimum Gasteiger partial charge on any atom is -0.384 e. The van der Waals surface area contributed by atoms with Gasteiger partial charge in [0.15, 0.2) is 0 Å². The second kappa shape index (κ2) is 9.11. The van der Waals surface area contributed by atoms with Crippen molar-refractivity contribution in [1.29, 1.82) is 5.41 Å². The Morgan fingerprint density at radius 2 is 1.63 bits per heavy atom. The molecule has 7 heteroatoms. The number of nitrogens with zero attached hydrogens (tertiary/aromatic N) is 1. The van der Waals surface area contributed by atoms with Crippen LogP contribution < -0.4 is 10.9 Å². The predicted octanol–water partition coefficient (Wildman–Crippen LogP) is 6.05. The molecule has 5 N–H and O–H groups in total. The van der Waals surface area contributed by atoms with Crippen LogP contribution in [0.25, 0.3) is 32.8 Å². The van der Waals surface area contributed by atoms with E-state index in [4.69, 9.17) is 16.3 Å². The highest BCUT2D eigenvalue weighted by molar-refractivity contribution is 7.89. The average Bonchev–Trinajstić information content (AvgIpc) is 3.13. The maximum atomic E-state index is 12.3. The average molecular weight is 525 g/mol. The molecule has 0 saturated heterocycles. The van der Waals surface area contributed by atoms with Crippen molar-refractivity contribution in [2.24, 2.45) is 10.9 Å². The number of benzene rings is 4. The summed E-state index contributed by atoms with van der Waals surface area (Å²) in [5, 5.41) is 16.6. The van der Waals surface area contributed by atoms with Gasteiger partial charge in [0, 0.05) is 34.3 Å². The Kier molecular flexibility index (Phi) is 6.16. The summed E-state index contributed by atoms with van der Waals surface area (Å²) >= 11 is 0. The zero-order valence-corrected chi connectivity index (χ0v) is 22.9. The SMILES string of the molecule is Cc1c(C(C)(C)C)c2cc(-c3ccccc3S(N)(=O)=O)ccc2n1Cc1ccc2ccc(C(=N)N)cc2c1. The Labute approximate surface area is 223 Å². The summed E-state index contributed by atoms with van der Waals surface area (Å²) in [6.07, 6.45) is 0. The van der Waals surface area contributed by atoms with Gasteiger partial charge in [0.25, 0.3) is 0 Å². The van der Waals surface area contributed by atoms with E-state index in [1.54, 1.807) is 18.2 Å². The first-order valence-corrected chi connectivity index (χ1v) is 14.0. The highest BCUT2D eigenvalue weighted by atomic mass is 32.2. The van der Waals surface area contributed by atoms with Gasteiger partial charge in [-0.3, -0.25) is 5.41 Å². The molecule has 38 heavy (non-hydrogen) atoms. The molecule has 194 valence electrons. The van der Waals surface area contributed by atoms with E-state index in [9.17, 15) is 8.42 Å². The molecule has 6 nitrogen and oxygen atoms in total. The Balaban J connectivity index is 1.68. The number of nitrogens with one attached hydrogen (secondary N) is 1. The maximum Gasteiger partial charge on any atom is 0.238 e. The van der Waals surface area contributed by atoms with Gasteiger partial charge in [-0.25, -0.2) is 13.6 Å². The number of primary sulfonamides is 1. The lowest BCUT2D eigenvalue weighted by atomic mass is 9.84. The summed E-state index contributed by atoms with van der Waals surface area (Å²) in [5.41, 5.74) is 12.3. The summed E-state index contributed by atoms with van der Waals surface area (Å²) in [6, 6.07) is 25.2. The third-order valence-electron chi connectivity index (χ3n) is 7.13. The molecule has 0 fully saturated rings. The number of rotatable bonds is 5. The normalized spacial score (nSPS) is 12.3. The molecule has 0 atom stereocenters. The first-order valence-electron chi connectivity index (χ1n) is 12.5. The van der Waals surface area contributed by atoms with Crippen LogP contribution in [0.1, 0.15) is 43.2 Å². The molecule has 0 bridgehead atoms. The van der Waals surface area contributed by atoms with E-state index >= 15 is 0 Å². The lowest BCUT2D eigenvalue weighted by Crippen LogP contribution is -2.14. The molecule has 0 saturated carbocycles. The first-order chi connectivity index (χ1) is 17.8. The summed E-state index contributed by atoms with van der Waals surface area (Å²) in [5.74, 6) is 0.0548. The second-order valence-corrected chi connectivity index (χ2v) is 12.4. The van der Waals surface area contributed by atoms with Crippen LogP contribution >= 0.6 is 0 Å². The summed E-state index contributed by atoms with van der Waals surface area (Å²) in [4.78, 5) is 0.119. The van der Waals surface area contributed by atoms with Crippen molar-refractivity contribution in [2.75, 3.05) is 0 Å². The number of aromatic nitrogens is 1. The van der Waals surface area contributed by atoms with Crippen molar-refractivity contribution < 1.29 is 8.42 Å². The Morgan fingerprint density at radius 3 is 2.32 bits per heavy atom. The van der Waals surface area contributed by atoms with Gasteiger partial charge in [-0.1, -0.05) is 69.3 Å². The van der Waals surface area contributed by atoms with Crippen molar-refractivity contribution in [3.63, 3.8) is 0 Å². The molecule has 5 rings (SSSR count). The molecule has 4 aromatic carbocycles. The molecule has 1 aromatic heterocycles. The van der Waals surface area contributed by atoms with E-state index in [2.05, 4.69) is 62.6 Å². The van der Waals surface area contributed by atoms with Gasteiger partial charge in [0.2, 0.25) is 10.0 Å². The Morgan fingerprint density at radius 1 is 0.921 bits per heavy atom. The number of hydrogen-bond donors (Lipinski definition) is 3. The van der Waals surface area contributed by atoms with E-state index in [1.807, 2.05) is 30.3 Å². The number of nitrogen functional groups attached to an aromatic ring is 1. The largest absolute Gasteiger partial charge is 0.384 e. The van der Waals surface area contributed by atoms with Gasteiger partial charge in [-0.05, 0) is 70.1 Å². The van der Waals surface area contributed by atoms with Crippen LogP contribution in [0.15, 0.2) is 83.8 Å². The molecule has 5 aromatic rings. The van der Waals surface area contributed by atoms with Crippen molar-refractivity contribution in [1.82, 2.24) is 4.57 Å². The summed E-state index contributed by atoms with van der Waals surface area (Å²) in [6.45, 7) is 9.41. The molecule has 0 aliphatic carbocycles. The van der Waals surface area contributed by atoms with Crippen molar-refractivity contribution in [3.05, 3.63) is 101 Å². The second-order valence-electron chi connectivity index (χ2n) is 10.9. The molecule has 0 radical (unpaired) electrons. The number of hydrogen-bond acceptors (Lipinski definition) is 3. The van der Waals surface area contributed by atoms with Gasteiger partial charge >= 0.3 is 0 Å². The van der Waals surface area contributed by atoms with Crippen LogP contribution in [-0.2, 0) is 22.0 Å². The topological polar surface area (TPSA) is 115 Å². The quantitative estimate of drug-likeness (QED) is 0.192. The number of sulfonamides is 1. The van der Waals surface area contributed by atoms with E-state index < -0.39 is 10.0 Å². The molecule has 0 aliphatic heterocycles. The van der Waals surface area contributed by atoms with Crippen LogP contribution in [0.3, 0.4) is 0 Å². The molecule has 0 spiro atoms. The van der Waals surface area contributed by atoms with E-state index in [1.165, 1.54) is 11.3 Å². The molecule has 0 unspecified atom stereocenters. The van der Waals surface area contributed by atoms with Crippen LogP contribution in [0.2, 0.25) is 0 Å².